The van der Waals surface area contributed by atoms with Crippen molar-refractivity contribution < 1.29 is 9.59 Å². The predicted octanol–water partition coefficient (Wildman–Crippen LogP) is 3.50. The van der Waals surface area contributed by atoms with Crippen molar-refractivity contribution >= 4 is 57.0 Å². The molecule has 0 fully saturated rings. The molecule has 0 bridgehead atoms. The molecule has 1 aliphatic carbocycles. The van der Waals surface area contributed by atoms with Crippen molar-refractivity contribution in [3.63, 3.8) is 0 Å². The van der Waals surface area contributed by atoms with E-state index in [1.54, 1.807) is 23.5 Å². The first-order chi connectivity index (χ1) is 11.5. The van der Waals surface area contributed by atoms with Crippen LogP contribution in [0.4, 0.5) is 10.7 Å². The highest BCUT2D eigenvalue weighted by Crippen LogP contribution is 2.48. The number of anilines is 2. The molecule has 3 aliphatic rings. The molecule has 0 radical (unpaired) electrons. The molecule has 24 heavy (non-hydrogen) atoms. The van der Waals surface area contributed by atoms with Crippen LogP contribution in [0, 0.1) is 0 Å². The van der Waals surface area contributed by atoms with Gasteiger partial charge in [0.1, 0.15) is 5.00 Å². The quantitative estimate of drug-likeness (QED) is 0.655. The Morgan fingerprint density at radius 1 is 1.12 bits per heavy atom. The fourth-order valence-corrected chi connectivity index (χ4v) is 5.62. The number of hydrogen-bond acceptors (Lipinski definition) is 4. The van der Waals surface area contributed by atoms with Crippen molar-refractivity contribution in [3.8, 4) is 0 Å². The van der Waals surface area contributed by atoms with Gasteiger partial charge >= 0.3 is 0 Å². The summed E-state index contributed by atoms with van der Waals surface area (Å²) in [6.45, 7) is 0. The molecule has 1 spiro atoms. The second-order valence-electron chi connectivity index (χ2n) is 6.15. The minimum atomic E-state index is -1.37. The molecule has 8 heteroatoms. The van der Waals surface area contributed by atoms with E-state index in [0.29, 0.717) is 26.9 Å². The number of carbonyl (C=O) groups excluding carboxylic acids is 2. The van der Waals surface area contributed by atoms with Crippen LogP contribution in [0.5, 0.6) is 0 Å². The molecule has 1 aromatic heterocycles. The Hall–Kier alpha value is -1.76. The normalized spacial score (nSPS) is 23.4. The first kappa shape index (κ1) is 14.6. The van der Waals surface area contributed by atoms with E-state index in [-0.39, 0.29) is 11.8 Å². The Morgan fingerprint density at radius 2 is 1.96 bits per heavy atom. The summed E-state index contributed by atoms with van der Waals surface area (Å²) in [7, 11) is 0. The van der Waals surface area contributed by atoms with Gasteiger partial charge in [0.15, 0.2) is 0 Å². The van der Waals surface area contributed by atoms with Gasteiger partial charge in [0.25, 0.3) is 11.8 Å². The molecule has 0 saturated carbocycles. The van der Waals surface area contributed by atoms with E-state index in [2.05, 4.69) is 16.0 Å². The fraction of sp³-hybridized carbons (Fsp3) is 0.250. The summed E-state index contributed by atoms with van der Waals surface area (Å²) in [5.41, 5.74) is 1.43. The summed E-state index contributed by atoms with van der Waals surface area (Å²) in [6, 6.07) is 3.22. The standard InChI is InChI=1S/C16H11Cl2N3O2S/c17-6-4-8-12(9(18)5-6)19-15(23)16(8)20-13(22)11-7-2-1-3-10(7)24-14(11)21-16/h4-5,21H,1-3H2,(H,19,23)(H,20,22). The third-order valence-corrected chi connectivity index (χ3v) is 6.51. The highest BCUT2D eigenvalue weighted by atomic mass is 35.5. The van der Waals surface area contributed by atoms with Gasteiger partial charge in [-0.05, 0) is 37.0 Å². The highest BCUT2D eigenvalue weighted by molar-refractivity contribution is 7.16. The number of carbonyl (C=O) groups is 2. The Kier molecular flexibility index (Phi) is 2.83. The van der Waals surface area contributed by atoms with E-state index < -0.39 is 5.66 Å². The molecule has 5 nitrogen and oxygen atoms in total. The summed E-state index contributed by atoms with van der Waals surface area (Å²) >= 11 is 13.9. The summed E-state index contributed by atoms with van der Waals surface area (Å²) in [4.78, 5) is 26.7. The topological polar surface area (TPSA) is 70.2 Å². The summed E-state index contributed by atoms with van der Waals surface area (Å²) in [5, 5.41) is 10.3. The number of nitrogens with one attached hydrogen (secondary N) is 3. The van der Waals surface area contributed by atoms with Crippen LogP contribution < -0.4 is 16.0 Å². The maximum atomic E-state index is 12.8. The summed E-state index contributed by atoms with van der Waals surface area (Å²) < 4.78 is 0. The minimum Gasteiger partial charge on any atom is -0.342 e. The van der Waals surface area contributed by atoms with Crippen LogP contribution in [0.2, 0.25) is 10.0 Å². The Morgan fingerprint density at radius 3 is 2.79 bits per heavy atom. The maximum absolute atomic E-state index is 12.8. The minimum absolute atomic E-state index is 0.234. The van der Waals surface area contributed by atoms with Crippen LogP contribution in [-0.2, 0) is 23.3 Å². The first-order valence-electron chi connectivity index (χ1n) is 7.56. The monoisotopic (exact) mass is 379 g/mol. The van der Waals surface area contributed by atoms with E-state index in [1.165, 1.54) is 4.88 Å². The van der Waals surface area contributed by atoms with Crippen LogP contribution in [0.1, 0.15) is 32.8 Å². The summed E-state index contributed by atoms with van der Waals surface area (Å²) in [6.07, 6.45) is 2.96. The van der Waals surface area contributed by atoms with Crippen molar-refractivity contribution in [3.05, 3.63) is 43.7 Å². The van der Waals surface area contributed by atoms with E-state index >= 15 is 0 Å². The van der Waals surface area contributed by atoms with Crippen molar-refractivity contribution in [2.24, 2.45) is 0 Å². The number of thiophene rings is 1. The van der Waals surface area contributed by atoms with Crippen molar-refractivity contribution in [2.75, 3.05) is 10.6 Å². The lowest BCUT2D eigenvalue weighted by molar-refractivity contribution is -0.120. The zero-order valence-electron chi connectivity index (χ0n) is 12.3. The third kappa shape index (κ3) is 1.71. The lowest BCUT2D eigenvalue weighted by atomic mass is 9.96. The largest absolute Gasteiger partial charge is 0.342 e. The number of rotatable bonds is 0. The predicted molar refractivity (Wildman–Crippen MR) is 94.2 cm³/mol. The van der Waals surface area contributed by atoms with Crippen LogP contribution in [-0.4, -0.2) is 11.8 Å². The maximum Gasteiger partial charge on any atom is 0.276 e. The van der Waals surface area contributed by atoms with Gasteiger partial charge in [-0.2, -0.15) is 0 Å². The van der Waals surface area contributed by atoms with E-state index in [0.717, 1.165) is 29.8 Å². The Labute approximate surface area is 151 Å². The molecule has 5 rings (SSSR count). The van der Waals surface area contributed by atoms with Gasteiger partial charge in [0, 0.05) is 15.5 Å². The molecule has 3 heterocycles. The molecule has 1 unspecified atom stereocenters. The van der Waals surface area contributed by atoms with Gasteiger partial charge < -0.3 is 16.0 Å². The van der Waals surface area contributed by atoms with Crippen molar-refractivity contribution in [1.82, 2.24) is 5.32 Å². The number of amides is 2. The molecule has 0 saturated heterocycles. The number of hydrogen-bond donors (Lipinski definition) is 3. The van der Waals surface area contributed by atoms with Gasteiger partial charge in [-0.3, -0.25) is 9.59 Å². The first-order valence-corrected chi connectivity index (χ1v) is 9.13. The number of benzene rings is 1. The van der Waals surface area contributed by atoms with Crippen LogP contribution in [0.15, 0.2) is 12.1 Å². The molecule has 2 aliphatic heterocycles. The van der Waals surface area contributed by atoms with Crippen LogP contribution >= 0.6 is 34.5 Å². The zero-order valence-corrected chi connectivity index (χ0v) is 14.6. The number of aryl methyl sites for hydroxylation is 1. The highest BCUT2D eigenvalue weighted by Gasteiger charge is 2.53. The molecule has 2 amide bonds. The SMILES string of the molecule is O=C1NC2(Nc3sc4c(c31)CCC4)C(=O)Nc1c(Cl)cc(Cl)cc12. The van der Waals surface area contributed by atoms with E-state index in [9.17, 15) is 9.59 Å². The molecular weight excluding hydrogens is 369 g/mol. The zero-order chi connectivity index (χ0) is 16.6. The summed E-state index contributed by atoms with van der Waals surface area (Å²) in [5.74, 6) is -0.600. The fourth-order valence-electron chi connectivity index (χ4n) is 3.74. The Bertz CT molecular complexity index is 955. The van der Waals surface area contributed by atoms with Gasteiger partial charge in [-0.1, -0.05) is 23.2 Å². The lowest BCUT2D eigenvalue weighted by Gasteiger charge is -2.34. The average Bonchev–Trinajstić information content (AvgIpc) is 3.14. The second kappa shape index (κ2) is 4.65. The molecule has 122 valence electrons. The van der Waals surface area contributed by atoms with Gasteiger partial charge in [-0.15, -0.1) is 11.3 Å². The van der Waals surface area contributed by atoms with Crippen molar-refractivity contribution in [2.45, 2.75) is 24.9 Å². The van der Waals surface area contributed by atoms with Crippen LogP contribution in [0.25, 0.3) is 0 Å². The number of fused-ring (bicyclic) bond motifs is 5. The lowest BCUT2D eigenvalue weighted by Crippen LogP contribution is -2.58. The average molecular weight is 380 g/mol. The third-order valence-electron chi connectivity index (χ3n) is 4.79. The van der Waals surface area contributed by atoms with Gasteiger partial charge in [0.2, 0.25) is 5.66 Å². The van der Waals surface area contributed by atoms with Crippen molar-refractivity contribution in [1.29, 1.82) is 0 Å². The molecule has 3 N–H and O–H groups in total. The Balaban J connectivity index is 1.71. The van der Waals surface area contributed by atoms with E-state index in [1.807, 2.05) is 0 Å². The van der Waals surface area contributed by atoms with Crippen LogP contribution in [0.3, 0.4) is 0 Å². The van der Waals surface area contributed by atoms with Gasteiger partial charge in [-0.25, -0.2) is 0 Å². The van der Waals surface area contributed by atoms with Gasteiger partial charge in [0.05, 0.1) is 16.3 Å². The smallest absolute Gasteiger partial charge is 0.276 e. The number of halogens is 2. The molecule has 2 aromatic rings. The molecular formula is C16H11Cl2N3O2S. The molecule has 1 aromatic carbocycles. The molecule has 1 atom stereocenters. The second-order valence-corrected chi connectivity index (χ2v) is 8.10. The van der Waals surface area contributed by atoms with E-state index in [4.69, 9.17) is 23.2 Å².